The molecule has 0 saturated carbocycles. The molecule has 2 nitrogen and oxygen atoms in total. The van der Waals surface area contributed by atoms with Gasteiger partial charge in [0.2, 0.25) is 0 Å². The molecule has 0 aliphatic rings. The number of alkyl halides is 6. The average Bonchev–Trinajstić information content (AvgIpc) is 2.22. The van der Waals surface area contributed by atoms with Gasteiger partial charge in [-0.3, -0.25) is 0 Å². The smallest absolute Gasteiger partial charge is 0.225 e. The van der Waals surface area contributed by atoms with Crippen LogP contribution in [-0.2, 0) is 22.2 Å². The van der Waals surface area contributed by atoms with E-state index in [2.05, 4.69) is 0 Å². The van der Waals surface area contributed by atoms with E-state index in [9.17, 15) is 34.8 Å². The van der Waals surface area contributed by atoms with Crippen LogP contribution in [0.4, 0.5) is 26.3 Å². The first kappa shape index (κ1) is 16.5. The summed E-state index contributed by atoms with van der Waals surface area (Å²) in [5.74, 6) is 0. The van der Waals surface area contributed by atoms with E-state index in [4.69, 9.17) is 0 Å². The predicted molar refractivity (Wildman–Crippen MR) is 60.3 cm³/mol. The third kappa shape index (κ3) is 4.87. The summed E-state index contributed by atoms with van der Waals surface area (Å²) < 4.78 is 96.7. The molecule has 0 radical (unpaired) electrons. The largest absolute Gasteiger partial charge is 0.416 e. The lowest BCUT2D eigenvalue weighted by Gasteiger charge is -2.12. The van der Waals surface area contributed by atoms with E-state index in [1.165, 1.54) is 0 Å². The number of benzene rings is 1. The Labute approximate surface area is 110 Å². The van der Waals surface area contributed by atoms with E-state index in [-0.39, 0.29) is 6.07 Å². The minimum Gasteiger partial charge on any atom is -0.225 e. The Morgan fingerprint density at radius 1 is 0.900 bits per heavy atom. The van der Waals surface area contributed by atoms with E-state index in [1.54, 1.807) is 0 Å². The van der Waals surface area contributed by atoms with Crippen LogP contribution in [0.15, 0.2) is 23.6 Å². The van der Waals surface area contributed by atoms with Crippen LogP contribution in [0, 0.1) is 0 Å². The van der Waals surface area contributed by atoms with E-state index in [0.29, 0.717) is 23.6 Å². The molecule has 0 amide bonds. The van der Waals surface area contributed by atoms with Crippen LogP contribution in [0.5, 0.6) is 0 Å². The topological polar surface area (TPSA) is 34.1 Å². The molecule has 0 aromatic heterocycles. The number of rotatable bonds is 2. The van der Waals surface area contributed by atoms with Crippen molar-refractivity contribution in [3.8, 4) is 0 Å². The van der Waals surface area contributed by atoms with Gasteiger partial charge in [-0.25, -0.2) is 8.42 Å². The molecule has 0 atom stereocenters. The highest BCUT2D eigenvalue weighted by atomic mass is 32.2. The van der Waals surface area contributed by atoms with Gasteiger partial charge in [0.1, 0.15) is 0 Å². The van der Waals surface area contributed by atoms with Crippen molar-refractivity contribution < 1.29 is 34.8 Å². The van der Waals surface area contributed by atoms with Gasteiger partial charge in [0.05, 0.1) is 11.1 Å². The van der Waals surface area contributed by atoms with Crippen molar-refractivity contribution in [2.24, 2.45) is 0 Å². The second-order valence-corrected chi connectivity index (χ2v) is 5.90. The third-order valence-electron chi connectivity index (χ3n) is 2.12. The molecule has 0 unspecified atom stereocenters. The molecule has 1 aromatic rings. The zero-order valence-electron chi connectivity index (χ0n) is 9.88. The number of hydrogen-bond acceptors (Lipinski definition) is 2. The summed E-state index contributed by atoms with van der Waals surface area (Å²) in [5, 5.41) is 0.530. The fourth-order valence-electron chi connectivity index (χ4n) is 1.28. The van der Waals surface area contributed by atoms with Crippen molar-refractivity contribution in [1.29, 1.82) is 0 Å². The Kier molecular flexibility index (Phi) is 4.23. The molecule has 0 saturated heterocycles. The van der Waals surface area contributed by atoms with E-state index < -0.39 is 38.9 Å². The van der Waals surface area contributed by atoms with Crippen LogP contribution < -0.4 is 0 Å². The van der Waals surface area contributed by atoms with E-state index in [1.807, 2.05) is 0 Å². The molecule has 20 heavy (non-hydrogen) atoms. The maximum atomic E-state index is 12.5. The predicted octanol–water partition coefficient (Wildman–Crippen LogP) is 3.74. The first-order chi connectivity index (χ1) is 8.79. The van der Waals surface area contributed by atoms with E-state index >= 15 is 0 Å². The number of hydrogen-bond donors (Lipinski definition) is 0. The van der Waals surface area contributed by atoms with Crippen molar-refractivity contribution in [3.05, 3.63) is 40.3 Å². The van der Waals surface area contributed by atoms with Crippen molar-refractivity contribution >= 4 is 15.9 Å². The molecule has 112 valence electrons. The molecule has 0 bridgehead atoms. The Morgan fingerprint density at radius 2 is 1.30 bits per heavy atom. The molecule has 0 N–H and O–H groups in total. The summed E-state index contributed by atoms with van der Waals surface area (Å²) in [5.41, 5.74) is -3.50. The summed E-state index contributed by atoms with van der Waals surface area (Å²) in [6, 6.07) is 0.853. The maximum Gasteiger partial charge on any atom is 0.416 e. The fourth-order valence-corrected chi connectivity index (χ4v) is 1.68. The summed E-state index contributed by atoms with van der Waals surface area (Å²) >= 11 is 0. The Hall–Kier alpha value is -1.51. The third-order valence-corrected chi connectivity index (χ3v) is 2.75. The number of sulfone groups is 1. The van der Waals surface area contributed by atoms with E-state index in [0.717, 1.165) is 6.26 Å². The van der Waals surface area contributed by atoms with Crippen molar-refractivity contribution in [3.63, 3.8) is 0 Å². The molecule has 0 aliphatic heterocycles. The SMILES string of the molecule is CS(=O)(=O)C=Cc1cc(C(F)(F)F)cc(C(F)(F)F)c1. The standard InChI is InChI=1S/C11H8F6O2S/c1-20(18,19)3-2-7-4-8(10(12,13)14)6-9(5-7)11(15,16)17/h2-6H,1H3. The minimum atomic E-state index is -4.96. The molecule has 0 spiro atoms. The molecule has 0 aliphatic carbocycles. The first-order valence-electron chi connectivity index (χ1n) is 4.97. The van der Waals surface area contributed by atoms with Crippen LogP contribution in [0.1, 0.15) is 16.7 Å². The maximum absolute atomic E-state index is 12.5. The summed E-state index contributed by atoms with van der Waals surface area (Å²) in [7, 11) is -3.66. The zero-order chi connectivity index (χ0) is 15.8. The monoisotopic (exact) mass is 318 g/mol. The second-order valence-electron chi connectivity index (χ2n) is 3.97. The van der Waals surface area contributed by atoms with Gasteiger partial charge in [0.25, 0.3) is 0 Å². The Bertz CT molecular complexity index is 593. The highest BCUT2D eigenvalue weighted by molar-refractivity contribution is 7.93. The van der Waals surface area contributed by atoms with Crippen LogP contribution in [0.25, 0.3) is 6.08 Å². The Balaban J connectivity index is 3.43. The lowest BCUT2D eigenvalue weighted by molar-refractivity contribution is -0.143. The first-order valence-corrected chi connectivity index (χ1v) is 6.92. The van der Waals surface area contributed by atoms with Crippen molar-refractivity contribution in [2.75, 3.05) is 6.26 Å². The normalized spacial score (nSPS) is 13.9. The quantitative estimate of drug-likeness (QED) is 0.779. The summed E-state index contributed by atoms with van der Waals surface area (Å²) in [6.45, 7) is 0. The van der Waals surface area contributed by atoms with Crippen LogP contribution in [0.2, 0.25) is 0 Å². The molecule has 0 fully saturated rings. The highest BCUT2D eigenvalue weighted by Gasteiger charge is 2.36. The Morgan fingerprint density at radius 3 is 1.60 bits per heavy atom. The lowest BCUT2D eigenvalue weighted by Crippen LogP contribution is -2.11. The van der Waals surface area contributed by atoms with Crippen molar-refractivity contribution in [2.45, 2.75) is 12.4 Å². The van der Waals surface area contributed by atoms with Gasteiger partial charge in [-0.15, -0.1) is 0 Å². The fraction of sp³-hybridized carbons (Fsp3) is 0.273. The molecule has 1 aromatic carbocycles. The van der Waals surface area contributed by atoms with Crippen LogP contribution in [-0.4, -0.2) is 14.7 Å². The van der Waals surface area contributed by atoms with Gasteiger partial charge in [-0.05, 0) is 29.8 Å². The summed E-state index contributed by atoms with van der Waals surface area (Å²) in [4.78, 5) is 0. The van der Waals surface area contributed by atoms with Gasteiger partial charge in [0.15, 0.2) is 9.84 Å². The molecule has 0 heterocycles. The number of halogens is 6. The summed E-state index contributed by atoms with van der Waals surface area (Å²) in [6.07, 6.45) is -8.48. The average molecular weight is 318 g/mol. The molecule has 1 rings (SSSR count). The van der Waals surface area contributed by atoms with Gasteiger partial charge in [0, 0.05) is 11.7 Å². The van der Waals surface area contributed by atoms with Gasteiger partial charge in [-0.2, -0.15) is 26.3 Å². The van der Waals surface area contributed by atoms with Crippen LogP contribution >= 0.6 is 0 Å². The molecular weight excluding hydrogens is 310 g/mol. The van der Waals surface area contributed by atoms with Crippen LogP contribution in [0.3, 0.4) is 0 Å². The van der Waals surface area contributed by atoms with Gasteiger partial charge >= 0.3 is 12.4 Å². The second kappa shape index (κ2) is 5.12. The van der Waals surface area contributed by atoms with Crippen molar-refractivity contribution in [1.82, 2.24) is 0 Å². The molecular formula is C11H8F6O2S. The zero-order valence-corrected chi connectivity index (χ0v) is 10.7. The van der Waals surface area contributed by atoms with Gasteiger partial charge < -0.3 is 0 Å². The minimum absolute atomic E-state index is 0.0300. The van der Waals surface area contributed by atoms with Gasteiger partial charge in [-0.1, -0.05) is 0 Å². The molecule has 9 heteroatoms. The lowest BCUT2D eigenvalue weighted by atomic mass is 10.0. The highest BCUT2D eigenvalue weighted by Crippen LogP contribution is 2.36.